The molecule has 0 aliphatic heterocycles. The molecule has 4 nitrogen and oxygen atoms in total. The van der Waals surface area contributed by atoms with E-state index in [0.29, 0.717) is 28.9 Å². The summed E-state index contributed by atoms with van der Waals surface area (Å²) in [5.41, 5.74) is 0. The summed E-state index contributed by atoms with van der Waals surface area (Å²) in [6.07, 6.45) is 0. The summed E-state index contributed by atoms with van der Waals surface area (Å²) in [6, 6.07) is 14.3. The Morgan fingerprint density at radius 1 is 1.09 bits per heavy atom. The summed E-state index contributed by atoms with van der Waals surface area (Å²) >= 11 is 11.8. The Hall–Kier alpha value is -1.91. The zero-order valence-corrected chi connectivity index (χ0v) is 14.2. The second-order valence-corrected chi connectivity index (χ2v) is 5.68. The maximum atomic E-state index is 12.0. The minimum absolute atomic E-state index is 0.0941. The van der Waals surface area contributed by atoms with E-state index in [0.717, 1.165) is 5.75 Å². The van der Waals surface area contributed by atoms with Crippen LogP contribution >= 0.6 is 23.2 Å². The van der Waals surface area contributed by atoms with Gasteiger partial charge in [-0.05, 0) is 30.3 Å². The third-order valence-corrected chi connectivity index (χ3v) is 3.64. The minimum Gasteiger partial charge on any atom is -0.492 e. The quantitative estimate of drug-likeness (QED) is 0.757. The van der Waals surface area contributed by atoms with Crippen LogP contribution in [0.5, 0.6) is 11.5 Å². The Kier molecular flexibility index (Phi) is 6.56. The molecule has 0 saturated carbocycles. The molecule has 0 heterocycles. The molecule has 0 unspecified atom stereocenters. The van der Waals surface area contributed by atoms with Crippen LogP contribution < -0.4 is 9.47 Å². The van der Waals surface area contributed by atoms with Gasteiger partial charge in [0.2, 0.25) is 0 Å². The zero-order valence-electron chi connectivity index (χ0n) is 12.7. The van der Waals surface area contributed by atoms with Crippen LogP contribution in [0.4, 0.5) is 0 Å². The number of likely N-dealkylation sites (N-methyl/N-ethyl adjacent to an activating group) is 1. The number of rotatable bonds is 7. The number of hydrogen-bond donors (Lipinski definition) is 0. The summed E-state index contributed by atoms with van der Waals surface area (Å²) in [5, 5.41) is 0.893. The average Bonchev–Trinajstić information content (AvgIpc) is 2.54. The largest absolute Gasteiger partial charge is 0.492 e. The Morgan fingerprint density at radius 2 is 1.83 bits per heavy atom. The molecule has 0 fully saturated rings. The van der Waals surface area contributed by atoms with Gasteiger partial charge in [-0.3, -0.25) is 4.79 Å². The lowest BCUT2D eigenvalue weighted by molar-refractivity contribution is -0.132. The van der Waals surface area contributed by atoms with Crippen molar-refractivity contribution in [2.75, 3.05) is 26.8 Å². The Morgan fingerprint density at radius 3 is 2.52 bits per heavy atom. The van der Waals surface area contributed by atoms with Gasteiger partial charge >= 0.3 is 0 Å². The molecule has 2 rings (SSSR count). The topological polar surface area (TPSA) is 38.8 Å². The third kappa shape index (κ3) is 5.66. The van der Waals surface area contributed by atoms with E-state index in [9.17, 15) is 4.79 Å². The average molecular weight is 354 g/mol. The minimum atomic E-state index is -0.160. The van der Waals surface area contributed by atoms with Crippen LogP contribution in [0.15, 0.2) is 48.5 Å². The van der Waals surface area contributed by atoms with E-state index in [-0.39, 0.29) is 12.5 Å². The predicted molar refractivity (Wildman–Crippen MR) is 91.5 cm³/mol. The fourth-order valence-corrected chi connectivity index (χ4v) is 2.25. The number of para-hydroxylation sites is 1. The smallest absolute Gasteiger partial charge is 0.260 e. The van der Waals surface area contributed by atoms with Crippen molar-refractivity contribution in [2.24, 2.45) is 0 Å². The van der Waals surface area contributed by atoms with Crippen molar-refractivity contribution in [3.8, 4) is 11.5 Å². The second-order valence-electron chi connectivity index (χ2n) is 4.84. The summed E-state index contributed by atoms with van der Waals surface area (Å²) in [5.74, 6) is 1.04. The highest BCUT2D eigenvalue weighted by Crippen LogP contribution is 2.27. The molecule has 6 heteroatoms. The first-order chi connectivity index (χ1) is 11.1. The SMILES string of the molecule is CN(CCOc1ccccc1)C(=O)COc1ccc(Cl)cc1Cl. The number of amides is 1. The first kappa shape index (κ1) is 17.4. The van der Waals surface area contributed by atoms with Crippen molar-refractivity contribution in [1.29, 1.82) is 0 Å². The maximum Gasteiger partial charge on any atom is 0.260 e. The van der Waals surface area contributed by atoms with E-state index in [4.69, 9.17) is 32.7 Å². The van der Waals surface area contributed by atoms with E-state index in [2.05, 4.69) is 0 Å². The first-order valence-electron chi connectivity index (χ1n) is 7.06. The van der Waals surface area contributed by atoms with Gasteiger partial charge in [-0.2, -0.15) is 0 Å². The highest BCUT2D eigenvalue weighted by molar-refractivity contribution is 6.35. The Balaban J connectivity index is 1.74. The molecule has 0 aliphatic rings. The number of benzene rings is 2. The lowest BCUT2D eigenvalue weighted by atomic mass is 10.3. The normalized spacial score (nSPS) is 10.2. The van der Waals surface area contributed by atoms with Gasteiger partial charge in [0.25, 0.3) is 5.91 Å². The molecular formula is C17H17Cl2NO3. The molecule has 23 heavy (non-hydrogen) atoms. The number of carbonyl (C=O) groups is 1. The molecule has 0 saturated heterocycles. The predicted octanol–water partition coefficient (Wildman–Crippen LogP) is 3.91. The Bertz CT molecular complexity index is 650. The molecule has 0 N–H and O–H groups in total. The van der Waals surface area contributed by atoms with Crippen molar-refractivity contribution in [2.45, 2.75) is 0 Å². The number of carbonyl (C=O) groups excluding carboxylic acids is 1. The van der Waals surface area contributed by atoms with Crippen molar-refractivity contribution in [1.82, 2.24) is 4.90 Å². The summed E-state index contributed by atoms with van der Waals surface area (Å²) in [6.45, 7) is 0.780. The lowest BCUT2D eigenvalue weighted by Crippen LogP contribution is -2.34. The molecular weight excluding hydrogens is 337 g/mol. The van der Waals surface area contributed by atoms with E-state index in [1.54, 1.807) is 30.1 Å². The first-order valence-corrected chi connectivity index (χ1v) is 7.81. The van der Waals surface area contributed by atoms with E-state index in [1.807, 2.05) is 30.3 Å². The standard InChI is InChI=1S/C17H17Cl2NO3/c1-20(9-10-22-14-5-3-2-4-6-14)17(21)12-23-16-8-7-13(18)11-15(16)19/h2-8,11H,9-10,12H2,1H3. The van der Waals surface area contributed by atoms with Gasteiger partial charge in [-0.15, -0.1) is 0 Å². The molecule has 0 aliphatic carbocycles. The van der Waals surface area contributed by atoms with Gasteiger partial charge in [-0.1, -0.05) is 41.4 Å². The van der Waals surface area contributed by atoms with Crippen LogP contribution in [0.1, 0.15) is 0 Å². The van der Waals surface area contributed by atoms with Crippen molar-refractivity contribution >= 4 is 29.1 Å². The maximum absolute atomic E-state index is 12.0. The van der Waals surface area contributed by atoms with E-state index >= 15 is 0 Å². The van der Waals surface area contributed by atoms with Gasteiger partial charge in [0.15, 0.2) is 6.61 Å². The number of ether oxygens (including phenoxy) is 2. The number of nitrogens with zero attached hydrogens (tertiary/aromatic N) is 1. The fraction of sp³-hybridized carbons (Fsp3) is 0.235. The van der Waals surface area contributed by atoms with Gasteiger partial charge in [0.05, 0.1) is 11.6 Å². The second kappa shape index (κ2) is 8.65. The fourth-order valence-electron chi connectivity index (χ4n) is 1.78. The van der Waals surface area contributed by atoms with Crippen LogP contribution in [0.2, 0.25) is 10.0 Å². The summed E-state index contributed by atoms with van der Waals surface area (Å²) in [4.78, 5) is 13.6. The summed E-state index contributed by atoms with van der Waals surface area (Å²) < 4.78 is 11.0. The monoisotopic (exact) mass is 353 g/mol. The highest BCUT2D eigenvalue weighted by Gasteiger charge is 2.11. The van der Waals surface area contributed by atoms with Crippen molar-refractivity contribution in [3.05, 3.63) is 58.6 Å². The van der Waals surface area contributed by atoms with Gasteiger partial charge < -0.3 is 14.4 Å². The molecule has 0 bridgehead atoms. The molecule has 2 aromatic carbocycles. The van der Waals surface area contributed by atoms with Crippen LogP contribution in [-0.2, 0) is 4.79 Å². The van der Waals surface area contributed by atoms with Crippen molar-refractivity contribution in [3.63, 3.8) is 0 Å². The highest BCUT2D eigenvalue weighted by atomic mass is 35.5. The van der Waals surface area contributed by atoms with E-state index in [1.165, 1.54) is 0 Å². The lowest BCUT2D eigenvalue weighted by Gasteiger charge is -2.18. The van der Waals surface area contributed by atoms with Crippen molar-refractivity contribution < 1.29 is 14.3 Å². The van der Waals surface area contributed by atoms with Gasteiger partial charge in [0, 0.05) is 12.1 Å². The van der Waals surface area contributed by atoms with Crippen LogP contribution in [-0.4, -0.2) is 37.6 Å². The van der Waals surface area contributed by atoms with Crippen LogP contribution in [0, 0.1) is 0 Å². The molecule has 0 spiro atoms. The molecule has 122 valence electrons. The molecule has 2 aromatic rings. The van der Waals surface area contributed by atoms with Gasteiger partial charge in [0.1, 0.15) is 18.1 Å². The van der Waals surface area contributed by atoms with Crippen LogP contribution in [0.25, 0.3) is 0 Å². The van der Waals surface area contributed by atoms with Gasteiger partial charge in [-0.25, -0.2) is 0 Å². The van der Waals surface area contributed by atoms with Crippen LogP contribution in [0.3, 0.4) is 0 Å². The molecule has 0 atom stereocenters. The van der Waals surface area contributed by atoms with E-state index < -0.39 is 0 Å². The zero-order chi connectivity index (χ0) is 16.7. The molecule has 0 radical (unpaired) electrons. The third-order valence-electron chi connectivity index (χ3n) is 3.11. The molecule has 0 aromatic heterocycles. The Labute approximate surface area is 145 Å². The number of halogens is 2. The number of hydrogen-bond acceptors (Lipinski definition) is 3. The molecule has 1 amide bonds. The summed E-state index contributed by atoms with van der Waals surface area (Å²) in [7, 11) is 1.70.